The minimum absolute atomic E-state index is 0.167. The van der Waals surface area contributed by atoms with Crippen LogP contribution in [0.1, 0.15) is 23.4 Å². The van der Waals surface area contributed by atoms with Gasteiger partial charge in [0, 0.05) is 23.0 Å². The lowest BCUT2D eigenvalue weighted by molar-refractivity contribution is 0.253. The summed E-state index contributed by atoms with van der Waals surface area (Å²) in [5, 5.41) is 20.1. The third-order valence-corrected chi connectivity index (χ3v) is 4.45. The van der Waals surface area contributed by atoms with E-state index in [2.05, 4.69) is 17.9 Å². The third-order valence-electron chi connectivity index (χ3n) is 3.41. The maximum absolute atomic E-state index is 13.9. The maximum atomic E-state index is 13.9. The fraction of sp³-hybridized carbons (Fsp3) is 0.286. The lowest BCUT2D eigenvalue weighted by atomic mass is 9.80. The summed E-state index contributed by atoms with van der Waals surface area (Å²) < 4.78 is 13.9. The van der Waals surface area contributed by atoms with Gasteiger partial charge in [0.1, 0.15) is 5.82 Å². The Kier molecular flexibility index (Phi) is 4.93. The number of thiophene rings is 1. The summed E-state index contributed by atoms with van der Waals surface area (Å²) in [4.78, 5) is 3.29. The van der Waals surface area contributed by atoms with E-state index in [9.17, 15) is 4.39 Å². The summed E-state index contributed by atoms with van der Waals surface area (Å²) in [7, 11) is 0.305. The zero-order valence-electron chi connectivity index (χ0n) is 11.5. The van der Waals surface area contributed by atoms with Gasteiger partial charge >= 0.3 is 7.12 Å². The van der Waals surface area contributed by atoms with Crippen LogP contribution in [-0.2, 0) is 6.54 Å². The molecule has 0 saturated heterocycles. The molecular formula is C14H17BFNO2S. The van der Waals surface area contributed by atoms with E-state index in [1.807, 2.05) is 18.5 Å². The monoisotopic (exact) mass is 293 g/mol. The van der Waals surface area contributed by atoms with Crippen molar-refractivity contribution in [1.82, 2.24) is 4.90 Å². The van der Waals surface area contributed by atoms with Crippen LogP contribution < -0.4 is 5.46 Å². The molecule has 2 rings (SSSR count). The highest BCUT2D eigenvalue weighted by molar-refractivity contribution is 7.10. The summed E-state index contributed by atoms with van der Waals surface area (Å²) in [6, 6.07) is 8.57. The van der Waals surface area contributed by atoms with E-state index < -0.39 is 12.9 Å². The molecule has 1 aromatic carbocycles. The molecule has 0 aliphatic heterocycles. The molecule has 0 saturated carbocycles. The normalized spacial score (nSPS) is 12.7. The number of nitrogens with zero attached hydrogens (tertiary/aromatic N) is 1. The van der Waals surface area contributed by atoms with Crippen molar-refractivity contribution in [3.8, 4) is 0 Å². The van der Waals surface area contributed by atoms with Crippen molar-refractivity contribution in [2.45, 2.75) is 19.5 Å². The Balaban J connectivity index is 2.10. The second-order valence-corrected chi connectivity index (χ2v) is 5.81. The molecule has 0 radical (unpaired) electrons. The highest BCUT2D eigenvalue weighted by Gasteiger charge is 2.17. The zero-order chi connectivity index (χ0) is 14.7. The predicted molar refractivity (Wildman–Crippen MR) is 80.4 cm³/mol. The van der Waals surface area contributed by atoms with Crippen LogP contribution in [0.25, 0.3) is 0 Å². The average molecular weight is 293 g/mol. The van der Waals surface area contributed by atoms with E-state index >= 15 is 0 Å². The third kappa shape index (κ3) is 3.46. The molecule has 1 aromatic heterocycles. The van der Waals surface area contributed by atoms with Crippen LogP contribution in [0.5, 0.6) is 0 Å². The van der Waals surface area contributed by atoms with Crippen LogP contribution in [-0.4, -0.2) is 29.1 Å². The minimum atomic E-state index is -1.64. The lowest BCUT2D eigenvalue weighted by Crippen LogP contribution is -2.30. The molecule has 0 aliphatic carbocycles. The Bertz CT molecular complexity index is 562. The van der Waals surface area contributed by atoms with Crippen LogP contribution in [0.4, 0.5) is 4.39 Å². The van der Waals surface area contributed by atoms with Gasteiger partial charge < -0.3 is 10.0 Å². The van der Waals surface area contributed by atoms with Crippen molar-refractivity contribution in [2.24, 2.45) is 0 Å². The molecule has 0 spiro atoms. The summed E-state index contributed by atoms with van der Waals surface area (Å²) in [6.45, 7) is 2.54. The van der Waals surface area contributed by atoms with Gasteiger partial charge in [-0.25, -0.2) is 4.39 Å². The van der Waals surface area contributed by atoms with Gasteiger partial charge in [0.05, 0.1) is 0 Å². The van der Waals surface area contributed by atoms with Gasteiger partial charge in [-0.15, -0.1) is 11.3 Å². The molecule has 0 fully saturated rings. The van der Waals surface area contributed by atoms with E-state index in [4.69, 9.17) is 10.0 Å². The minimum Gasteiger partial charge on any atom is -0.423 e. The van der Waals surface area contributed by atoms with Crippen LogP contribution in [0.3, 0.4) is 0 Å². The van der Waals surface area contributed by atoms with E-state index in [1.54, 1.807) is 17.4 Å². The molecule has 2 N–H and O–H groups in total. The fourth-order valence-corrected chi connectivity index (χ4v) is 2.85. The maximum Gasteiger partial charge on any atom is 0.488 e. The Morgan fingerprint density at radius 3 is 2.65 bits per heavy atom. The Morgan fingerprint density at radius 2 is 2.10 bits per heavy atom. The average Bonchev–Trinajstić information content (AvgIpc) is 2.93. The van der Waals surface area contributed by atoms with Crippen molar-refractivity contribution >= 4 is 23.9 Å². The predicted octanol–water partition coefficient (Wildman–Crippen LogP) is 1.76. The first-order valence-electron chi connectivity index (χ1n) is 6.37. The van der Waals surface area contributed by atoms with Crippen molar-refractivity contribution in [3.63, 3.8) is 0 Å². The van der Waals surface area contributed by atoms with Gasteiger partial charge in [-0.05, 0) is 36.9 Å². The van der Waals surface area contributed by atoms with Crippen LogP contribution in [0.15, 0.2) is 35.7 Å². The first kappa shape index (κ1) is 15.2. The smallest absolute Gasteiger partial charge is 0.423 e. The molecule has 1 atom stereocenters. The Hall–Kier alpha value is -1.21. The molecule has 1 unspecified atom stereocenters. The first-order valence-corrected chi connectivity index (χ1v) is 7.25. The van der Waals surface area contributed by atoms with Crippen molar-refractivity contribution in [1.29, 1.82) is 0 Å². The van der Waals surface area contributed by atoms with Gasteiger partial charge in [0.25, 0.3) is 0 Å². The Labute approximate surface area is 122 Å². The molecule has 0 amide bonds. The SMILES string of the molecule is CC(c1cccs1)N(C)Cc1ccc(B(O)O)cc1F. The number of hydrogen-bond donors (Lipinski definition) is 2. The molecule has 0 aliphatic rings. The van der Waals surface area contributed by atoms with Gasteiger partial charge in [0.2, 0.25) is 0 Å². The number of hydrogen-bond acceptors (Lipinski definition) is 4. The highest BCUT2D eigenvalue weighted by atomic mass is 32.1. The topological polar surface area (TPSA) is 43.7 Å². The Morgan fingerprint density at radius 1 is 1.35 bits per heavy atom. The van der Waals surface area contributed by atoms with Gasteiger partial charge in [-0.1, -0.05) is 18.2 Å². The molecule has 106 valence electrons. The highest BCUT2D eigenvalue weighted by Crippen LogP contribution is 2.25. The van der Waals surface area contributed by atoms with E-state index in [-0.39, 0.29) is 11.5 Å². The van der Waals surface area contributed by atoms with E-state index in [0.717, 1.165) is 0 Å². The number of rotatable bonds is 5. The van der Waals surface area contributed by atoms with Crippen molar-refractivity contribution < 1.29 is 14.4 Å². The van der Waals surface area contributed by atoms with Crippen LogP contribution >= 0.6 is 11.3 Å². The molecule has 20 heavy (non-hydrogen) atoms. The van der Waals surface area contributed by atoms with E-state index in [1.165, 1.54) is 17.0 Å². The summed E-state index contributed by atoms with van der Waals surface area (Å²) >= 11 is 1.68. The largest absolute Gasteiger partial charge is 0.488 e. The quantitative estimate of drug-likeness (QED) is 0.826. The fourth-order valence-electron chi connectivity index (χ4n) is 2.00. The molecular weight excluding hydrogens is 276 g/mol. The second kappa shape index (κ2) is 6.50. The summed E-state index contributed by atoms with van der Waals surface area (Å²) in [6.07, 6.45) is 0. The zero-order valence-corrected chi connectivity index (χ0v) is 12.3. The van der Waals surface area contributed by atoms with Gasteiger partial charge in [-0.3, -0.25) is 4.90 Å². The second-order valence-electron chi connectivity index (χ2n) is 4.83. The van der Waals surface area contributed by atoms with Crippen molar-refractivity contribution in [3.05, 3.63) is 52.0 Å². The molecule has 3 nitrogen and oxygen atoms in total. The van der Waals surface area contributed by atoms with Crippen LogP contribution in [0.2, 0.25) is 0 Å². The standard InChI is InChI=1S/C14H17BFNO2S/c1-10(14-4-3-7-20-14)17(2)9-11-5-6-12(15(18)19)8-13(11)16/h3-8,10,18-19H,9H2,1-2H3. The van der Waals surface area contributed by atoms with Gasteiger partial charge in [0.15, 0.2) is 0 Å². The van der Waals surface area contributed by atoms with Crippen molar-refractivity contribution in [2.75, 3.05) is 7.05 Å². The first-order chi connectivity index (χ1) is 9.49. The summed E-state index contributed by atoms with van der Waals surface area (Å²) in [5.41, 5.74) is 0.709. The molecule has 2 aromatic rings. The molecule has 1 heterocycles. The molecule has 0 bridgehead atoms. The van der Waals surface area contributed by atoms with Gasteiger partial charge in [-0.2, -0.15) is 0 Å². The number of benzene rings is 1. The summed E-state index contributed by atoms with van der Waals surface area (Å²) in [5.74, 6) is -0.416. The molecule has 6 heteroatoms. The van der Waals surface area contributed by atoms with Crippen LogP contribution in [0, 0.1) is 5.82 Å². The number of halogens is 1. The lowest BCUT2D eigenvalue weighted by Gasteiger charge is -2.24. The van der Waals surface area contributed by atoms with E-state index in [0.29, 0.717) is 12.1 Å².